The molecule has 0 saturated heterocycles. The van der Waals surface area contributed by atoms with E-state index >= 15 is 0 Å². The van der Waals surface area contributed by atoms with Crippen LogP contribution in [-0.4, -0.2) is 13.5 Å². The van der Waals surface area contributed by atoms with Crippen molar-refractivity contribution in [1.29, 1.82) is 5.26 Å². The molecular formula is C13H11N3O3S. The molecule has 0 aliphatic carbocycles. The number of hydrogen-bond acceptors (Lipinski definition) is 4. The molecule has 102 valence electrons. The summed E-state index contributed by atoms with van der Waals surface area (Å²) < 4.78 is 28.3. The number of phenolic OH excluding ortho intramolecular Hbond substituents is 1. The summed E-state index contributed by atoms with van der Waals surface area (Å²) in [5.41, 5.74) is 0.627. The van der Waals surface area contributed by atoms with Crippen LogP contribution in [0.4, 0.5) is 11.4 Å². The molecule has 20 heavy (non-hydrogen) atoms. The van der Waals surface area contributed by atoms with Gasteiger partial charge in [-0.3, -0.25) is 9.44 Å². The Morgan fingerprint density at radius 3 is 2.35 bits per heavy atom. The molecule has 0 bridgehead atoms. The van der Waals surface area contributed by atoms with Crippen molar-refractivity contribution in [3.63, 3.8) is 0 Å². The van der Waals surface area contributed by atoms with Crippen LogP contribution in [0.15, 0.2) is 48.5 Å². The zero-order valence-corrected chi connectivity index (χ0v) is 11.1. The van der Waals surface area contributed by atoms with Gasteiger partial charge in [0.05, 0.1) is 23.0 Å². The number of benzene rings is 2. The first-order valence-electron chi connectivity index (χ1n) is 5.59. The van der Waals surface area contributed by atoms with Gasteiger partial charge in [-0.15, -0.1) is 0 Å². The van der Waals surface area contributed by atoms with Gasteiger partial charge in [-0.05, 0) is 30.3 Å². The molecule has 2 rings (SSSR count). The average Bonchev–Trinajstić information content (AvgIpc) is 2.41. The molecule has 0 aliphatic rings. The second-order valence-electron chi connectivity index (χ2n) is 3.92. The van der Waals surface area contributed by atoms with Crippen LogP contribution in [0.3, 0.4) is 0 Å². The molecule has 0 amide bonds. The minimum atomic E-state index is -3.87. The highest BCUT2D eigenvalue weighted by Gasteiger charge is 2.12. The van der Waals surface area contributed by atoms with Crippen molar-refractivity contribution < 1.29 is 13.5 Å². The largest absolute Gasteiger partial charge is 0.506 e. The lowest BCUT2D eigenvalue weighted by Gasteiger charge is -2.11. The molecule has 0 fully saturated rings. The van der Waals surface area contributed by atoms with E-state index in [9.17, 15) is 13.5 Å². The van der Waals surface area contributed by atoms with Gasteiger partial charge in [-0.25, -0.2) is 0 Å². The van der Waals surface area contributed by atoms with Crippen LogP contribution in [0.25, 0.3) is 0 Å². The lowest BCUT2D eigenvalue weighted by atomic mass is 10.2. The van der Waals surface area contributed by atoms with Gasteiger partial charge in [-0.1, -0.05) is 18.2 Å². The van der Waals surface area contributed by atoms with Gasteiger partial charge in [0.25, 0.3) is 0 Å². The number of hydrogen-bond donors (Lipinski definition) is 3. The zero-order valence-electron chi connectivity index (χ0n) is 10.2. The number of nitrogens with zero attached hydrogens (tertiary/aromatic N) is 1. The SMILES string of the molecule is N#Cc1ccc(NS(=O)(=O)Nc2ccccc2)c(O)c1. The predicted octanol–water partition coefficient (Wildman–Crippen LogP) is 2.03. The molecule has 0 aromatic heterocycles. The van der Waals surface area contributed by atoms with Crippen molar-refractivity contribution in [3.05, 3.63) is 54.1 Å². The van der Waals surface area contributed by atoms with E-state index in [4.69, 9.17) is 5.26 Å². The fourth-order valence-electron chi connectivity index (χ4n) is 1.52. The van der Waals surface area contributed by atoms with Crippen LogP contribution < -0.4 is 9.44 Å². The number of nitriles is 1. The van der Waals surface area contributed by atoms with Gasteiger partial charge in [0.2, 0.25) is 0 Å². The molecule has 0 atom stereocenters. The Kier molecular flexibility index (Phi) is 3.77. The van der Waals surface area contributed by atoms with Gasteiger partial charge in [0.15, 0.2) is 0 Å². The normalized spacial score (nSPS) is 10.6. The number of para-hydroxylation sites is 1. The molecule has 2 aromatic carbocycles. The molecule has 0 saturated carbocycles. The lowest BCUT2D eigenvalue weighted by molar-refractivity contribution is 0.477. The third kappa shape index (κ3) is 3.40. The van der Waals surface area contributed by atoms with Crippen LogP contribution in [-0.2, 0) is 10.2 Å². The van der Waals surface area contributed by atoms with Crippen molar-refractivity contribution in [3.8, 4) is 11.8 Å². The van der Waals surface area contributed by atoms with Gasteiger partial charge >= 0.3 is 10.2 Å². The summed E-state index contributed by atoms with van der Waals surface area (Å²) in [5.74, 6) is -0.317. The van der Waals surface area contributed by atoms with Crippen molar-refractivity contribution in [2.24, 2.45) is 0 Å². The monoisotopic (exact) mass is 289 g/mol. The molecule has 7 heteroatoms. The first-order valence-corrected chi connectivity index (χ1v) is 7.07. The highest BCUT2D eigenvalue weighted by molar-refractivity contribution is 7.94. The number of aromatic hydroxyl groups is 1. The van der Waals surface area contributed by atoms with Gasteiger partial charge < -0.3 is 5.11 Å². The number of rotatable bonds is 4. The van der Waals surface area contributed by atoms with E-state index in [0.29, 0.717) is 5.69 Å². The van der Waals surface area contributed by atoms with Gasteiger partial charge in [0, 0.05) is 0 Å². The van der Waals surface area contributed by atoms with Crippen molar-refractivity contribution in [2.75, 3.05) is 9.44 Å². The van der Waals surface area contributed by atoms with Crippen LogP contribution in [0, 0.1) is 11.3 Å². The van der Waals surface area contributed by atoms with Crippen molar-refractivity contribution in [2.45, 2.75) is 0 Å². The molecule has 0 radical (unpaired) electrons. The molecular weight excluding hydrogens is 278 g/mol. The summed E-state index contributed by atoms with van der Waals surface area (Å²) in [5, 5.41) is 18.3. The first-order chi connectivity index (χ1) is 9.50. The Hall–Kier alpha value is -2.72. The third-order valence-electron chi connectivity index (χ3n) is 2.40. The highest BCUT2D eigenvalue weighted by atomic mass is 32.2. The standard InChI is InChI=1S/C13H11N3O3S/c14-9-10-6-7-12(13(17)8-10)16-20(18,19)15-11-4-2-1-3-5-11/h1-8,15-17H. The van der Waals surface area contributed by atoms with E-state index in [0.717, 1.165) is 0 Å². The van der Waals surface area contributed by atoms with Crippen molar-refractivity contribution >= 4 is 21.6 Å². The number of nitrogens with one attached hydrogen (secondary N) is 2. The molecule has 0 heterocycles. The highest BCUT2D eigenvalue weighted by Crippen LogP contribution is 2.25. The molecule has 0 aliphatic heterocycles. The molecule has 6 nitrogen and oxygen atoms in total. The third-order valence-corrected chi connectivity index (χ3v) is 3.39. The summed E-state index contributed by atoms with van der Waals surface area (Å²) in [6.45, 7) is 0. The Balaban J connectivity index is 2.19. The summed E-state index contributed by atoms with van der Waals surface area (Å²) in [4.78, 5) is 0. The van der Waals surface area contributed by atoms with E-state index in [2.05, 4.69) is 9.44 Å². The quantitative estimate of drug-likeness (QED) is 0.749. The van der Waals surface area contributed by atoms with Gasteiger partial charge in [0.1, 0.15) is 5.75 Å². The minimum absolute atomic E-state index is 0.00701. The van der Waals surface area contributed by atoms with Gasteiger partial charge in [-0.2, -0.15) is 13.7 Å². The van der Waals surface area contributed by atoms with E-state index < -0.39 is 10.2 Å². The van der Waals surface area contributed by atoms with Crippen LogP contribution in [0.5, 0.6) is 5.75 Å². The minimum Gasteiger partial charge on any atom is -0.506 e. The van der Waals surface area contributed by atoms with Crippen molar-refractivity contribution in [1.82, 2.24) is 0 Å². The summed E-state index contributed by atoms with van der Waals surface area (Å²) >= 11 is 0. The summed E-state index contributed by atoms with van der Waals surface area (Å²) in [6, 6.07) is 14.1. The summed E-state index contributed by atoms with van der Waals surface area (Å²) in [7, 11) is -3.87. The van der Waals surface area contributed by atoms with E-state index in [1.54, 1.807) is 30.3 Å². The maximum atomic E-state index is 11.9. The Morgan fingerprint density at radius 1 is 1.05 bits per heavy atom. The number of phenols is 1. The second kappa shape index (κ2) is 5.50. The maximum absolute atomic E-state index is 11.9. The predicted molar refractivity (Wildman–Crippen MR) is 75.4 cm³/mol. The molecule has 3 N–H and O–H groups in total. The van der Waals surface area contributed by atoms with E-state index in [1.165, 1.54) is 18.2 Å². The second-order valence-corrected chi connectivity index (χ2v) is 5.33. The van der Waals surface area contributed by atoms with Crippen LogP contribution in [0.2, 0.25) is 0 Å². The van der Waals surface area contributed by atoms with Crippen LogP contribution >= 0.6 is 0 Å². The topological polar surface area (TPSA) is 102 Å². The Labute approximate surface area is 116 Å². The smallest absolute Gasteiger partial charge is 0.321 e. The van der Waals surface area contributed by atoms with Crippen LogP contribution in [0.1, 0.15) is 5.56 Å². The summed E-state index contributed by atoms with van der Waals surface area (Å²) in [6.07, 6.45) is 0. The zero-order chi connectivity index (χ0) is 14.6. The average molecular weight is 289 g/mol. The molecule has 0 spiro atoms. The molecule has 0 unspecified atom stereocenters. The Bertz CT molecular complexity index is 752. The van der Waals surface area contributed by atoms with E-state index in [-0.39, 0.29) is 17.0 Å². The first kappa shape index (κ1) is 13.7. The fourth-order valence-corrected chi connectivity index (χ4v) is 2.48. The number of anilines is 2. The molecule has 2 aromatic rings. The Morgan fingerprint density at radius 2 is 1.75 bits per heavy atom. The van der Waals surface area contributed by atoms with E-state index in [1.807, 2.05) is 6.07 Å². The fraction of sp³-hybridized carbons (Fsp3) is 0. The lowest BCUT2D eigenvalue weighted by Crippen LogP contribution is -2.21. The maximum Gasteiger partial charge on any atom is 0.321 e.